The number of thioether (sulfide) groups is 1. The highest BCUT2D eigenvalue weighted by molar-refractivity contribution is 7.99. The van der Waals surface area contributed by atoms with E-state index in [1.165, 1.54) is 23.1 Å². The zero-order valence-electron chi connectivity index (χ0n) is 13.4. The van der Waals surface area contributed by atoms with E-state index in [0.29, 0.717) is 21.9 Å². The number of fused-ring (bicyclic) bond motifs is 1. The summed E-state index contributed by atoms with van der Waals surface area (Å²) in [7, 11) is 0. The van der Waals surface area contributed by atoms with Crippen molar-refractivity contribution >= 4 is 39.2 Å². The van der Waals surface area contributed by atoms with Crippen molar-refractivity contribution in [2.24, 2.45) is 5.73 Å². The summed E-state index contributed by atoms with van der Waals surface area (Å²) in [6.45, 7) is 4.34. The van der Waals surface area contributed by atoms with Gasteiger partial charge in [0.25, 0.3) is 5.56 Å². The lowest BCUT2D eigenvalue weighted by atomic mass is 10.2. The highest BCUT2D eigenvalue weighted by Gasteiger charge is 2.17. The van der Waals surface area contributed by atoms with Crippen LogP contribution in [0.15, 0.2) is 40.3 Å². The highest BCUT2D eigenvalue weighted by Crippen LogP contribution is 2.28. The Morgan fingerprint density at radius 3 is 2.67 bits per heavy atom. The molecule has 5 nitrogen and oxygen atoms in total. The number of amides is 1. The van der Waals surface area contributed by atoms with E-state index >= 15 is 0 Å². The van der Waals surface area contributed by atoms with Crippen LogP contribution in [0.25, 0.3) is 10.2 Å². The molecule has 1 aromatic carbocycles. The van der Waals surface area contributed by atoms with Crippen molar-refractivity contribution in [3.63, 3.8) is 0 Å². The first-order valence-electron chi connectivity index (χ1n) is 7.43. The van der Waals surface area contributed by atoms with Crippen LogP contribution in [0.2, 0.25) is 0 Å². The maximum atomic E-state index is 13.0. The zero-order valence-corrected chi connectivity index (χ0v) is 15.0. The largest absolute Gasteiger partial charge is 0.369 e. The van der Waals surface area contributed by atoms with Gasteiger partial charge in [-0.15, -0.1) is 11.3 Å². The number of carbonyl (C=O) groups excluding carboxylic acids is 1. The van der Waals surface area contributed by atoms with Crippen molar-refractivity contribution in [2.45, 2.75) is 25.5 Å². The van der Waals surface area contributed by atoms with E-state index < -0.39 is 5.91 Å². The van der Waals surface area contributed by atoms with Crippen molar-refractivity contribution in [3.8, 4) is 0 Å². The average Bonchev–Trinajstić information content (AvgIpc) is 2.84. The summed E-state index contributed by atoms with van der Waals surface area (Å²) in [6, 6.07) is 9.73. The normalized spacial score (nSPS) is 11.1. The molecule has 0 aliphatic carbocycles. The number of hydrogen-bond acceptors (Lipinski definition) is 5. The van der Waals surface area contributed by atoms with Crippen LogP contribution in [0.4, 0.5) is 0 Å². The van der Waals surface area contributed by atoms with E-state index in [0.717, 1.165) is 16.0 Å². The number of aryl methyl sites for hydroxylation is 2. The first kappa shape index (κ1) is 16.7. The maximum Gasteiger partial charge on any atom is 0.263 e. The van der Waals surface area contributed by atoms with Gasteiger partial charge in [-0.2, -0.15) is 0 Å². The van der Waals surface area contributed by atoms with Gasteiger partial charge in [0.15, 0.2) is 5.16 Å². The molecule has 3 aromatic rings. The van der Waals surface area contributed by atoms with E-state index in [2.05, 4.69) is 4.98 Å². The van der Waals surface area contributed by atoms with Gasteiger partial charge >= 0.3 is 0 Å². The predicted octanol–water partition coefficient (Wildman–Crippen LogP) is 2.70. The summed E-state index contributed by atoms with van der Waals surface area (Å²) in [5, 5.41) is 1.19. The van der Waals surface area contributed by atoms with Gasteiger partial charge < -0.3 is 5.73 Å². The molecule has 0 saturated heterocycles. The number of nitrogens with two attached hydrogens (primary N) is 1. The molecular weight excluding hydrogens is 342 g/mol. The Hall–Kier alpha value is -2.12. The van der Waals surface area contributed by atoms with Crippen molar-refractivity contribution in [2.75, 3.05) is 5.75 Å². The maximum absolute atomic E-state index is 13.0. The second-order valence-electron chi connectivity index (χ2n) is 5.49. The molecule has 2 aromatic heterocycles. The minimum Gasteiger partial charge on any atom is -0.369 e. The molecule has 0 saturated carbocycles. The molecule has 0 atom stereocenters. The molecule has 24 heavy (non-hydrogen) atoms. The summed E-state index contributed by atoms with van der Waals surface area (Å²) in [5.41, 5.74) is 7.16. The summed E-state index contributed by atoms with van der Waals surface area (Å²) in [4.78, 5) is 30.6. The van der Waals surface area contributed by atoms with Crippen LogP contribution in [0.5, 0.6) is 0 Å². The molecule has 7 heteroatoms. The van der Waals surface area contributed by atoms with Crippen LogP contribution >= 0.6 is 23.1 Å². The molecule has 2 heterocycles. The van der Waals surface area contributed by atoms with Crippen molar-refractivity contribution in [1.82, 2.24) is 9.55 Å². The van der Waals surface area contributed by atoms with E-state index in [-0.39, 0.29) is 11.3 Å². The summed E-state index contributed by atoms with van der Waals surface area (Å²) in [6.07, 6.45) is 0. The van der Waals surface area contributed by atoms with Crippen LogP contribution < -0.4 is 11.3 Å². The van der Waals surface area contributed by atoms with Gasteiger partial charge in [-0.3, -0.25) is 14.2 Å². The number of thiophene rings is 1. The monoisotopic (exact) mass is 359 g/mol. The predicted molar refractivity (Wildman–Crippen MR) is 98.8 cm³/mol. The molecule has 3 rings (SSSR count). The zero-order chi connectivity index (χ0) is 17.3. The topological polar surface area (TPSA) is 78.0 Å². The minimum atomic E-state index is -0.431. The third-order valence-corrected chi connectivity index (χ3v) is 5.88. The van der Waals surface area contributed by atoms with Gasteiger partial charge in [0, 0.05) is 4.88 Å². The number of aromatic nitrogens is 2. The van der Waals surface area contributed by atoms with Gasteiger partial charge in [-0.25, -0.2) is 4.98 Å². The molecular formula is C17H17N3O2S2. The Morgan fingerprint density at radius 2 is 2.00 bits per heavy atom. The van der Waals surface area contributed by atoms with E-state index in [4.69, 9.17) is 5.73 Å². The number of hydrogen-bond donors (Lipinski definition) is 1. The van der Waals surface area contributed by atoms with Gasteiger partial charge in [0.05, 0.1) is 17.7 Å². The van der Waals surface area contributed by atoms with Crippen molar-refractivity contribution in [3.05, 3.63) is 56.7 Å². The van der Waals surface area contributed by atoms with Crippen LogP contribution in [-0.2, 0) is 11.3 Å². The molecule has 0 radical (unpaired) electrons. The number of nitrogens with zero attached hydrogens (tertiary/aromatic N) is 2. The number of primary amides is 1. The van der Waals surface area contributed by atoms with Crippen molar-refractivity contribution < 1.29 is 4.79 Å². The fraction of sp³-hybridized carbons (Fsp3) is 0.235. The standard InChI is InChI=1S/C17H17N3O2S2/c1-10-11(2)24-15-14(10)16(22)20(8-12-6-4-3-5-7-12)17(19-15)23-9-13(18)21/h3-7H,8-9H2,1-2H3,(H2,18,21). The van der Waals surface area contributed by atoms with Crippen molar-refractivity contribution in [1.29, 1.82) is 0 Å². The Bertz CT molecular complexity index is 961. The molecule has 0 spiro atoms. The number of carbonyl (C=O) groups is 1. The fourth-order valence-corrected chi connectivity index (χ4v) is 4.27. The molecule has 0 unspecified atom stereocenters. The lowest BCUT2D eigenvalue weighted by Crippen LogP contribution is -2.24. The number of rotatable bonds is 5. The third kappa shape index (κ3) is 3.22. The molecule has 0 aliphatic heterocycles. The first-order valence-corrected chi connectivity index (χ1v) is 9.23. The van der Waals surface area contributed by atoms with Crippen LogP contribution in [-0.4, -0.2) is 21.2 Å². The second kappa shape index (κ2) is 6.78. The Balaban J connectivity index is 2.16. The molecule has 124 valence electrons. The van der Waals surface area contributed by atoms with E-state index in [1.54, 1.807) is 4.57 Å². The van der Waals surface area contributed by atoms with Crippen LogP contribution in [0.1, 0.15) is 16.0 Å². The summed E-state index contributed by atoms with van der Waals surface area (Å²) < 4.78 is 1.63. The second-order valence-corrected chi connectivity index (χ2v) is 7.64. The SMILES string of the molecule is Cc1sc2nc(SCC(N)=O)n(Cc3ccccc3)c(=O)c2c1C. The van der Waals surface area contributed by atoms with Gasteiger partial charge in [0.2, 0.25) is 5.91 Å². The highest BCUT2D eigenvalue weighted by atomic mass is 32.2. The van der Waals surface area contributed by atoms with Gasteiger partial charge in [-0.1, -0.05) is 42.1 Å². The van der Waals surface area contributed by atoms with Gasteiger partial charge in [-0.05, 0) is 25.0 Å². The van der Waals surface area contributed by atoms with E-state index in [1.807, 2.05) is 44.2 Å². The average molecular weight is 359 g/mol. The van der Waals surface area contributed by atoms with E-state index in [9.17, 15) is 9.59 Å². The minimum absolute atomic E-state index is 0.0716. The Labute approximate surface area is 147 Å². The third-order valence-electron chi connectivity index (χ3n) is 3.78. The molecule has 1 amide bonds. The Morgan fingerprint density at radius 1 is 1.29 bits per heavy atom. The molecule has 0 fully saturated rings. The molecule has 0 aliphatic rings. The lowest BCUT2D eigenvalue weighted by molar-refractivity contribution is -0.115. The van der Waals surface area contributed by atoms with Gasteiger partial charge in [0.1, 0.15) is 4.83 Å². The Kier molecular flexibility index (Phi) is 4.73. The number of benzene rings is 1. The fourth-order valence-electron chi connectivity index (χ4n) is 2.46. The molecule has 0 bridgehead atoms. The summed E-state index contributed by atoms with van der Waals surface area (Å²) >= 11 is 2.70. The van der Waals surface area contributed by atoms with Crippen LogP contribution in [0, 0.1) is 13.8 Å². The molecule has 2 N–H and O–H groups in total. The lowest BCUT2D eigenvalue weighted by Gasteiger charge is -2.11. The van der Waals surface area contributed by atoms with Crippen LogP contribution in [0.3, 0.4) is 0 Å². The smallest absolute Gasteiger partial charge is 0.263 e. The summed E-state index contributed by atoms with van der Waals surface area (Å²) in [5.74, 6) is -0.338. The first-order chi connectivity index (χ1) is 11.5. The quantitative estimate of drug-likeness (QED) is 0.561.